The number of carboxylic acid groups (broad SMARTS) is 2. The summed E-state index contributed by atoms with van der Waals surface area (Å²) in [6, 6.07) is 0. The Hall–Kier alpha value is -1.14. The van der Waals surface area contributed by atoms with Crippen LogP contribution in [0, 0.1) is 0 Å². The summed E-state index contributed by atoms with van der Waals surface area (Å²) < 4.78 is 0. The molecule has 0 fully saturated rings. The summed E-state index contributed by atoms with van der Waals surface area (Å²) in [6.07, 6.45) is 6.84. The van der Waals surface area contributed by atoms with Gasteiger partial charge in [0.05, 0.1) is 0 Å². The quantitative estimate of drug-likeness (QED) is 0.327. The van der Waals surface area contributed by atoms with Gasteiger partial charge < -0.3 is 21.7 Å². The maximum Gasteiger partial charge on any atom is 0.338 e. The number of rotatable bonds is 11. The van der Waals surface area contributed by atoms with E-state index in [0.29, 0.717) is 6.42 Å². The summed E-state index contributed by atoms with van der Waals surface area (Å²) in [5.74, 6) is -1.91. The molecule has 0 spiro atoms. The van der Waals surface area contributed by atoms with Gasteiger partial charge in [-0.2, -0.15) is 0 Å². The largest absolute Gasteiger partial charge is 0.481 e. The zero-order valence-electron chi connectivity index (χ0n) is 10.7. The van der Waals surface area contributed by atoms with Crippen LogP contribution in [0.15, 0.2) is 0 Å². The Morgan fingerprint density at radius 3 is 1.72 bits per heavy atom. The van der Waals surface area contributed by atoms with Crippen molar-refractivity contribution in [1.82, 2.24) is 0 Å². The second kappa shape index (κ2) is 8.88. The molecule has 0 atom stereocenters. The van der Waals surface area contributed by atoms with Crippen LogP contribution < -0.4 is 11.5 Å². The Morgan fingerprint density at radius 1 is 0.833 bits per heavy atom. The summed E-state index contributed by atoms with van der Waals surface area (Å²) in [5, 5.41) is 17.1. The molecular formula is C12H24N2O4. The third kappa shape index (κ3) is 8.95. The molecule has 0 bridgehead atoms. The van der Waals surface area contributed by atoms with Gasteiger partial charge in [0.15, 0.2) is 5.66 Å². The van der Waals surface area contributed by atoms with Crippen molar-refractivity contribution < 1.29 is 19.8 Å². The van der Waals surface area contributed by atoms with Gasteiger partial charge in [-0.1, -0.05) is 32.1 Å². The average Bonchev–Trinajstić information content (AvgIpc) is 2.26. The minimum Gasteiger partial charge on any atom is -0.481 e. The van der Waals surface area contributed by atoms with E-state index in [1.807, 2.05) is 0 Å². The van der Waals surface area contributed by atoms with E-state index < -0.39 is 17.6 Å². The summed E-state index contributed by atoms with van der Waals surface area (Å²) in [4.78, 5) is 20.9. The van der Waals surface area contributed by atoms with E-state index in [-0.39, 0.29) is 12.8 Å². The molecule has 0 amide bonds. The van der Waals surface area contributed by atoms with Crippen molar-refractivity contribution in [3.8, 4) is 0 Å². The molecule has 0 aliphatic rings. The van der Waals surface area contributed by atoms with E-state index in [4.69, 9.17) is 21.7 Å². The van der Waals surface area contributed by atoms with E-state index in [1.54, 1.807) is 0 Å². The van der Waals surface area contributed by atoms with Gasteiger partial charge in [0, 0.05) is 6.42 Å². The Bertz CT molecular complexity index is 267. The number of carbonyl (C=O) groups is 2. The number of aliphatic carboxylic acids is 2. The number of nitrogens with two attached hydrogens (primary N) is 2. The predicted molar refractivity (Wildman–Crippen MR) is 67.9 cm³/mol. The van der Waals surface area contributed by atoms with Crippen LogP contribution in [0.2, 0.25) is 0 Å². The standard InChI is InChI=1S/C12H24N2O4/c13-12(14,11(17)18)9-7-5-3-1-2-4-6-8-10(15)16/h1-9,13-14H2,(H,15,16)(H,17,18). The molecule has 0 aliphatic heterocycles. The molecule has 0 saturated heterocycles. The molecule has 0 saturated carbocycles. The molecule has 0 aromatic carbocycles. The maximum absolute atomic E-state index is 10.6. The smallest absolute Gasteiger partial charge is 0.338 e. The Morgan fingerprint density at radius 2 is 1.28 bits per heavy atom. The fourth-order valence-electron chi connectivity index (χ4n) is 1.68. The van der Waals surface area contributed by atoms with Crippen molar-refractivity contribution in [2.24, 2.45) is 11.5 Å². The lowest BCUT2D eigenvalue weighted by atomic mass is 10.0. The highest BCUT2D eigenvalue weighted by molar-refractivity contribution is 5.77. The molecule has 0 aliphatic carbocycles. The molecule has 18 heavy (non-hydrogen) atoms. The lowest BCUT2D eigenvalue weighted by molar-refractivity contribution is -0.143. The summed E-state index contributed by atoms with van der Waals surface area (Å²) in [5.41, 5.74) is 9.17. The molecule has 6 nitrogen and oxygen atoms in total. The van der Waals surface area contributed by atoms with Crippen molar-refractivity contribution in [3.05, 3.63) is 0 Å². The molecule has 0 heterocycles. The Labute approximate surface area is 107 Å². The molecule has 0 unspecified atom stereocenters. The van der Waals surface area contributed by atoms with Crippen LogP contribution >= 0.6 is 0 Å². The lowest BCUT2D eigenvalue weighted by Crippen LogP contribution is -2.56. The van der Waals surface area contributed by atoms with Gasteiger partial charge in [0.25, 0.3) is 0 Å². The lowest BCUT2D eigenvalue weighted by Gasteiger charge is -2.18. The molecule has 106 valence electrons. The highest BCUT2D eigenvalue weighted by Crippen LogP contribution is 2.12. The van der Waals surface area contributed by atoms with Gasteiger partial charge in [-0.15, -0.1) is 0 Å². The zero-order valence-corrected chi connectivity index (χ0v) is 10.7. The zero-order chi connectivity index (χ0) is 14.0. The van der Waals surface area contributed by atoms with Crippen molar-refractivity contribution >= 4 is 11.9 Å². The average molecular weight is 260 g/mol. The van der Waals surface area contributed by atoms with Gasteiger partial charge in [0.2, 0.25) is 0 Å². The summed E-state index contributed by atoms with van der Waals surface area (Å²) >= 11 is 0. The number of carboxylic acids is 2. The van der Waals surface area contributed by atoms with E-state index in [1.165, 1.54) is 0 Å². The fraction of sp³-hybridized carbons (Fsp3) is 0.833. The minimum absolute atomic E-state index is 0.238. The normalized spacial score (nSPS) is 11.4. The van der Waals surface area contributed by atoms with Crippen LogP contribution in [-0.4, -0.2) is 27.8 Å². The van der Waals surface area contributed by atoms with Crippen molar-refractivity contribution in [1.29, 1.82) is 0 Å². The van der Waals surface area contributed by atoms with Crippen LogP contribution in [0.3, 0.4) is 0 Å². The molecule has 0 aromatic heterocycles. The van der Waals surface area contributed by atoms with Crippen LogP contribution in [0.1, 0.15) is 57.8 Å². The van der Waals surface area contributed by atoms with Crippen molar-refractivity contribution in [2.45, 2.75) is 63.5 Å². The van der Waals surface area contributed by atoms with Crippen LogP contribution in [-0.2, 0) is 9.59 Å². The van der Waals surface area contributed by atoms with Gasteiger partial charge in [0.1, 0.15) is 0 Å². The second-order valence-electron chi connectivity index (χ2n) is 4.71. The minimum atomic E-state index is -1.61. The summed E-state index contributed by atoms with van der Waals surface area (Å²) in [7, 11) is 0. The molecule has 6 heteroatoms. The number of hydrogen-bond acceptors (Lipinski definition) is 4. The predicted octanol–water partition coefficient (Wildman–Crippen LogP) is 1.28. The van der Waals surface area contributed by atoms with E-state index in [0.717, 1.165) is 38.5 Å². The molecule has 0 rings (SSSR count). The van der Waals surface area contributed by atoms with Crippen LogP contribution in [0.4, 0.5) is 0 Å². The van der Waals surface area contributed by atoms with Crippen molar-refractivity contribution in [2.75, 3.05) is 0 Å². The second-order valence-corrected chi connectivity index (χ2v) is 4.71. The molecular weight excluding hydrogens is 236 g/mol. The molecule has 6 N–H and O–H groups in total. The Balaban J connectivity index is 3.31. The SMILES string of the molecule is NC(N)(CCCCCCCCCC(=O)O)C(=O)O. The highest BCUT2D eigenvalue weighted by Gasteiger charge is 2.27. The summed E-state index contributed by atoms with van der Waals surface area (Å²) in [6.45, 7) is 0. The van der Waals surface area contributed by atoms with E-state index in [2.05, 4.69) is 0 Å². The van der Waals surface area contributed by atoms with E-state index >= 15 is 0 Å². The van der Waals surface area contributed by atoms with Crippen LogP contribution in [0.5, 0.6) is 0 Å². The van der Waals surface area contributed by atoms with Crippen LogP contribution in [0.25, 0.3) is 0 Å². The van der Waals surface area contributed by atoms with Gasteiger partial charge in [-0.3, -0.25) is 4.79 Å². The number of unbranched alkanes of at least 4 members (excludes halogenated alkanes) is 6. The first-order valence-corrected chi connectivity index (χ1v) is 6.39. The molecule has 0 aromatic rings. The topological polar surface area (TPSA) is 127 Å². The first-order valence-electron chi connectivity index (χ1n) is 6.39. The first-order chi connectivity index (χ1) is 8.36. The Kier molecular flexibility index (Phi) is 8.32. The van der Waals surface area contributed by atoms with E-state index in [9.17, 15) is 9.59 Å². The number of hydrogen-bond donors (Lipinski definition) is 4. The van der Waals surface area contributed by atoms with Crippen molar-refractivity contribution in [3.63, 3.8) is 0 Å². The third-order valence-corrected chi connectivity index (χ3v) is 2.88. The van der Waals surface area contributed by atoms with Gasteiger partial charge >= 0.3 is 11.9 Å². The molecule has 0 radical (unpaired) electrons. The fourth-order valence-corrected chi connectivity index (χ4v) is 1.68. The highest BCUT2D eigenvalue weighted by atomic mass is 16.4. The third-order valence-electron chi connectivity index (χ3n) is 2.88. The van der Waals surface area contributed by atoms with Gasteiger partial charge in [-0.05, 0) is 19.3 Å². The first kappa shape index (κ1) is 16.9. The maximum atomic E-state index is 10.6. The van der Waals surface area contributed by atoms with Gasteiger partial charge in [-0.25, -0.2) is 4.79 Å². The monoisotopic (exact) mass is 260 g/mol.